The quantitative estimate of drug-likeness (QED) is 0.706. The molecule has 2 aliphatic rings. The van der Waals surface area contributed by atoms with Crippen LogP contribution in [0.2, 0.25) is 0 Å². The zero-order valence-electron chi connectivity index (χ0n) is 12.4. The van der Waals surface area contributed by atoms with Crippen LogP contribution in [-0.2, 0) is 14.3 Å². The molecule has 1 amide bonds. The van der Waals surface area contributed by atoms with Crippen LogP contribution in [0, 0.1) is 5.41 Å². The van der Waals surface area contributed by atoms with Crippen molar-refractivity contribution >= 4 is 11.7 Å². The lowest BCUT2D eigenvalue weighted by molar-refractivity contribution is -0.148. The van der Waals surface area contributed by atoms with Crippen LogP contribution in [0.3, 0.4) is 0 Å². The summed E-state index contributed by atoms with van der Waals surface area (Å²) >= 11 is 0. The summed E-state index contributed by atoms with van der Waals surface area (Å²) in [6.45, 7) is 8.65. The molecule has 0 N–H and O–H groups in total. The van der Waals surface area contributed by atoms with Crippen LogP contribution in [0.5, 0.6) is 0 Å². The molecule has 1 saturated heterocycles. The highest BCUT2D eigenvalue weighted by Crippen LogP contribution is 2.33. The molecule has 5 heteroatoms. The number of allylic oxidation sites excluding steroid dienone is 1. The minimum absolute atomic E-state index is 0.0386. The molecule has 0 aliphatic carbocycles. The van der Waals surface area contributed by atoms with E-state index in [1.54, 1.807) is 17.2 Å². The number of hydrogen-bond donors (Lipinski definition) is 0. The van der Waals surface area contributed by atoms with E-state index in [9.17, 15) is 9.59 Å². The van der Waals surface area contributed by atoms with Gasteiger partial charge in [0.05, 0.1) is 13.2 Å². The molecule has 0 saturated carbocycles. The van der Waals surface area contributed by atoms with Gasteiger partial charge in [-0.2, -0.15) is 0 Å². The van der Waals surface area contributed by atoms with Crippen LogP contribution in [0.25, 0.3) is 0 Å². The fourth-order valence-electron chi connectivity index (χ4n) is 2.92. The van der Waals surface area contributed by atoms with E-state index in [-0.39, 0.29) is 11.7 Å². The van der Waals surface area contributed by atoms with Crippen molar-refractivity contribution in [3.8, 4) is 0 Å². The fourth-order valence-corrected chi connectivity index (χ4v) is 2.92. The second-order valence-corrected chi connectivity index (χ2v) is 5.42. The van der Waals surface area contributed by atoms with Gasteiger partial charge in [-0.05, 0) is 18.9 Å². The molecule has 1 fully saturated rings. The normalized spacial score (nSPS) is 23.4. The Morgan fingerprint density at radius 2 is 1.80 bits per heavy atom. The summed E-state index contributed by atoms with van der Waals surface area (Å²) in [7, 11) is 0. The minimum Gasteiger partial charge on any atom is -0.379 e. The van der Waals surface area contributed by atoms with Gasteiger partial charge in [-0.25, -0.2) is 0 Å². The molecule has 0 spiro atoms. The summed E-state index contributed by atoms with van der Waals surface area (Å²) in [6, 6.07) is 0. The van der Waals surface area contributed by atoms with E-state index in [1.807, 2.05) is 13.8 Å². The average molecular weight is 280 g/mol. The summed E-state index contributed by atoms with van der Waals surface area (Å²) in [6.07, 6.45) is 4.35. The van der Waals surface area contributed by atoms with Crippen LogP contribution >= 0.6 is 0 Å². The Labute approximate surface area is 120 Å². The van der Waals surface area contributed by atoms with Gasteiger partial charge in [0.2, 0.25) is 5.91 Å². The van der Waals surface area contributed by atoms with Crippen molar-refractivity contribution in [2.45, 2.75) is 26.7 Å². The molecule has 2 aliphatic heterocycles. The first-order chi connectivity index (χ1) is 9.64. The lowest BCUT2D eigenvalue weighted by Crippen LogP contribution is -2.51. The van der Waals surface area contributed by atoms with E-state index >= 15 is 0 Å². The molecule has 0 atom stereocenters. The highest BCUT2D eigenvalue weighted by atomic mass is 16.5. The van der Waals surface area contributed by atoms with Crippen molar-refractivity contribution in [2.75, 3.05) is 39.4 Å². The summed E-state index contributed by atoms with van der Waals surface area (Å²) in [5.41, 5.74) is -0.834. The van der Waals surface area contributed by atoms with Crippen molar-refractivity contribution in [2.24, 2.45) is 5.41 Å². The molecule has 112 valence electrons. The summed E-state index contributed by atoms with van der Waals surface area (Å²) in [5, 5.41) is 0. The van der Waals surface area contributed by atoms with Gasteiger partial charge in [0.25, 0.3) is 0 Å². The maximum absolute atomic E-state index is 12.6. The standard InChI is InChI=1S/C15H24N2O3/c1-3-15(4-2)13(18)5-6-17(14(15)19)8-7-16-9-11-20-12-10-16/h5-6H,3-4,7-12H2,1-2H3. The molecular formula is C15H24N2O3. The number of carbonyl (C=O) groups is 2. The Morgan fingerprint density at radius 1 is 1.15 bits per heavy atom. The largest absolute Gasteiger partial charge is 0.379 e. The monoisotopic (exact) mass is 280 g/mol. The van der Waals surface area contributed by atoms with Crippen molar-refractivity contribution in [1.29, 1.82) is 0 Å². The molecule has 2 heterocycles. The van der Waals surface area contributed by atoms with Crippen LogP contribution in [0.1, 0.15) is 26.7 Å². The molecule has 0 aromatic carbocycles. The summed E-state index contributed by atoms with van der Waals surface area (Å²) in [5.74, 6) is -0.0848. The Morgan fingerprint density at radius 3 is 2.40 bits per heavy atom. The van der Waals surface area contributed by atoms with Gasteiger partial charge in [0.15, 0.2) is 5.78 Å². The average Bonchev–Trinajstić information content (AvgIpc) is 2.49. The predicted molar refractivity (Wildman–Crippen MR) is 76.1 cm³/mol. The van der Waals surface area contributed by atoms with E-state index in [4.69, 9.17) is 4.74 Å². The van der Waals surface area contributed by atoms with E-state index in [0.717, 1.165) is 32.8 Å². The smallest absolute Gasteiger partial charge is 0.240 e. The number of amides is 1. The topological polar surface area (TPSA) is 49.9 Å². The summed E-state index contributed by atoms with van der Waals surface area (Å²) < 4.78 is 5.31. The maximum atomic E-state index is 12.6. The van der Waals surface area contributed by atoms with Gasteiger partial charge in [-0.3, -0.25) is 14.5 Å². The molecule has 2 rings (SSSR count). The van der Waals surface area contributed by atoms with Crippen LogP contribution < -0.4 is 0 Å². The minimum atomic E-state index is -0.834. The van der Waals surface area contributed by atoms with Gasteiger partial charge < -0.3 is 9.64 Å². The third kappa shape index (κ3) is 2.79. The number of rotatable bonds is 5. The highest BCUT2D eigenvalue weighted by Gasteiger charge is 2.45. The van der Waals surface area contributed by atoms with Crippen molar-refractivity contribution < 1.29 is 14.3 Å². The second-order valence-electron chi connectivity index (χ2n) is 5.42. The van der Waals surface area contributed by atoms with Gasteiger partial charge in [0.1, 0.15) is 5.41 Å². The Balaban J connectivity index is 1.99. The van der Waals surface area contributed by atoms with Crippen molar-refractivity contribution in [3.05, 3.63) is 12.3 Å². The van der Waals surface area contributed by atoms with E-state index in [1.165, 1.54) is 0 Å². The highest BCUT2D eigenvalue weighted by molar-refractivity contribution is 6.13. The first-order valence-corrected chi connectivity index (χ1v) is 7.48. The molecule has 0 aromatic heterocycles. The van der Waals surface area contributed by atoms with E-state index in [2.05, 4.69) is 4.90 Å². The Hall–Kier alpha value is -1.20. The van der Waals surface area contributed by atoms with Gasteiger partial charge in [-0.15, -0.1) is 0 Å². The van der Waals surface area contributed by atoms with Gasteiger partial charge >= 0.3 is 0 Å². The molecule has 0 aromatic rings. The Bertz CT molecular complexity index is 396. The number of ketones is 1. The third-order valence-corrected chi connectivity index (χ3v) is 4.52. The van der Waals surface area contributed by atoms with Gasteiger partial charge in [-0.1, -0.05) is 13.8 Å². The predicted octanol–water partition coefficient (Wildman–Crippen LogP) is 1.05. The molecular weight excluding hydrogens is 256 g/mol. The number of nitrogens with zero attached hydrogens (tertiary/aromatic N) is 2. The second kappa shape index (κ2) is 6.50. The first kappa shape index (κ1) is 15.2. The molecule has 0 unspecified atom stereocenters. The number of ether oxygens (including phenoxy) is 1. The lowest BCUT2D eigenvalue weighted by Gasteiger charge is -2.37. The first-order valence-electron chi connectivity index (χ1n) is 7.48. The van der Waals surface area contributed by atoms with Crippen LogP contribution in [0.15, 0.2) is 12.3 Å². The molecule has 5 nitrogen and oxygen atoms in total. The molecule has 0 radical (unpaired) electrons. The SMILES string of the molecule is CCC1(CC)C(=O)C=CN(CCN2CCOCC2)C1=O. The van der Waals surface area contributed by atoms with E-state index in [0.29, 0.717) is 19.4 Å². The van der Waals surface area contributed by atoms with Gasteiger partial charge in [0, 0.05) is 32.4 Å². The fraction of sp³-hybridized carbons (Fsp3) is 0.733. The van der Waals surface area contributed by atoms with Crippen LogP contribution in [0.4, 0.5) is 0 Å². The third-order valence-electron chi connectivity index (χ3n) is 4.52. The Kier molecular flexibility index (Phi) is 4.94. The number of morpholine rings is 1. The maximum Gasteiger partial charge on any atom is 0.240 e. The number of hydrogen-bond acceptors (Lipinski definition) is 4. The van der Waals surface area contributed by atoms with Crippen molar-refractivity contribution in [1.82, 2.24) is 9.80 Å². The zero-order chi connectivity index (χ0) is 14.6. The lowest BCUT2D eigenvalue weighted by atomic mass is 9.75. The van der Waals surface area contributed by atoms with E-state index < -0.39 is 5.41 Å². The summed E-state index contributed by atoms with van der Waals surface area (Å²) in [4.78, 5) is 28.7. The zero-order valence-corrected chi connectivity index (χ0v) is 12.4. The molecule has 0 bridgehead atoms. The molecule has 20 heavy (non-hydrogen) atoms. The van der Waals surface area contributed by atoms with Crippen LogP contribution in [-0.4, -0.2) is 60.9 Å². The van der Waals surface area contributed by atoms with Crippen molar-refractivity contribution in [3.63, 3.8) is 0 Å². The number of carbonyl (C=O) groups excluding carboxylic acids is 2.